The van der Waals surface area contributed by atoms with Gasteiger partial charge < -0.3 is 10.6 Å². The number of hydrogen-bond acceptors (Lipinski definition) is 4. The van der Waals surface area contributed by atoms with Crippen LogP contribution in [-0.2, 0) is 0 Å². The number of thiophene rings is 1. The van der Waals surface area contributed by atoms with Crippen molar-refractivity contribution in [1.82, 2.24) is 9.80 Å². The van der Waals surface area contributed by atoms with E-state index in [1.165, 1.54) is 22.3 Å². The van der Waals surface area contributed by atoms with E-state index in [-0.39, 0.29) is 0 Å². The number of rotatable bonds is 10. The molecule has 0 bridgehead atoms. The third kappa shape index (κ3) is 5.11. The topological polar surface area (TPSA) is 32.5 Å². The number of hydrogen-bond donors (Lipinski definition) is 1. The lowest BCUT2D eigenvalue weighted by Gasteiger charge is -2.30. The Morgan fingerprint density at radius 3 is 2.35 bits per heavy atom. The average molecular weight is 362 g/mol. The normalized spacial score (nSPS) is 13.3. The monoisotopic (exact) mass is 361 g/mol. The summed E-state index contributed by atoms with van der Waals surface area (Å²) in [6, 6.07) is 2.46. The van der Waals surface area contributed by atoms with Crippen LogP contribution in [0.2, 0.25) is 0 Å². The Bertz CT molecular complexity index is 366. The summed E-state index contributed by atoms with van der Waals surface area (Å²) in [4.78, 5) is 6.34. The molecule has 1 heterocycles. The summed E-state index contributed by atoms with van der Waals surface area (Å²) < 4.78 is 1.19. The van der Waals surface area contributed by atoms with Gasteiger partial charge in [-0.3, -0.25) is 4.90 Å². The molecule has 0 fully saturated rings. The van der Waals surface area contributed by atoms with Crippen LogP contribution >= 0.6 is 27.3 Å². The molecule has 1 aromatic rings. The van der Waals surface area contributed by atoms with Crippen molar-refractivity contribution in [3.63, 3.8) is 0 Å². The molecule has 20 heavy (non-hydrogen) atoms. The number of nitrogens with zero attached hydrogens (tertiary/aromatic N) is 2. The predicted octanol–water partition coefficient (Wildman–Crippen LogP) is 3.56. The molecule has 2 N–H and O–H groups in total. The van der Waals surface area contributed by atoms with Crippen LogP contribution < -0.4 is 5.73 Å². The zero-order valence-corrected chi connectivity index (χ0v) is 15.3. The molecule has 0 aliphatic rings. The lowest BCUT2D eigenvalue weighted by molar-refractivity contribution is 0.195. The van der Waals surface area contributed by atoms with Crippen LogP contribution in [0.1, 0.15) is 38.1 Å². The summed E-state index contributed by atoms with van der Waals surface area (Å²) >= 11 is 5.43. The van der Waals surface area contributed by atoms with Gasteiger partial charge >= 0.3 is 0 Å². The molecular weight excluding hydrogens is 334 g/mol. The van der Waals surface area contributed by atoms with Crippen molar-refractivity contribution in [1.29, 1.82) is 0 Å². The Labute approximate surface area is 136 Å². The first-order valence-electron chi connectivity index (χ1n) is 7.57. The molecule has 0 saturated heterocycles. The quantitative estimate of drug-likeness (QED) is 0.691. The highest BCUT2D eigenvalue weighted by molar-refractivity contribution is 9.10. The van der Waals surface area contributed by atoms with Crippen LogP contribution in [0.4, 0.5) is 0 Å². The summed E-state index contributed by atoms with van der Waals surface area (Å²) in [5, 5.41) is 2.13. The zero-order chi connectivity index (χ0) is 15.0. The van der Waals surface area contributed by atoms with Gasteiger partial charge in [-0.1, -0.05) is 20.8 Å². The first-order chi connectivity index (χ1) is 9.67. The van der Waals surface area contributed by atoms with Gasteiger partial charge in [-0.15, -0.1) is 11.3 Å². The molecular formula is C15H28BrN3S. The highest BCUT2D eigenvalue weighted by Crippen LogP contribution is 2.32. The van der Waals surface area contributed by atoms with E-state index >= 15 is 0 Å². The molecule has 0 spiro atoms. The van der Waals surface area contributed by atoms with Crippen molar-refractivity contribution in [3.8, 4) is 0 Å². The van der Waals surface area contributed by atoms with Crippen LogP contribution in [0.15, 0.2) is 15.9 Å². The first-order valence-corrected chi connectivity index (χ1v) is 9.24. The van der Waals surface area contributed by atoms with Gasteiger partial charge in [0.2, 0.25) is 0 Å². The smallest absolute Gasteiger partial charge is 0.0575 e. The van der Waals surface area contributed by atoms with Gasteiger partial charge in [0.05, 0.1) is 6.04 Å². The lowest BCUT2D eigenvalue weighted by atomic mass is 10.2. The van der Waals surface area contributed by atoms with E-state index in [9.17, 15) is 0 Å². The van der Waals surface area contributed by atoms with Gasteiger partial charge in [0, 0.05) is 22.4 Å². The van der Waals surface area contributed by atoms with E-state index in [2.05, 4.69) is 57.9 Å². The molecule has 1 atom stereocenters. The Balaban J connectivity index is 2.57. The molecule has 0 radical (unpaired) electrons. The summed E-state index contributed by atoms with van der Waals surface area (Å²) in [5.41, 5.74) is 6.03. The second-order valence-electron chi connectivity index (χ2n) is 4.89. The number of likely N-dealkylation sites (N-methyl/N-ethyl adjacent to an activating group) is 1. The molecule has 3 nitrogen and oxygen atoms in total. The van der Waals surface area contributed by atoms with E-state index < -0.39 is 0 Å². The van der Waals surface area contributed by atoms with Crippen molar-refractivity contribution in [2.75, 3.05) is 39.3 Å². The largest absolute Gasteiger partial charge is 0.329 e. The van der Waals surface area contributed by atoms with E-state index in [1.54, 1.807) is 11.3 Å². The molecule has 1 aromatic heterocycles. The zero-order valence-electron chi connectivity index (χ0n) is 12.9. The Morgan fingerprint density at radius 2 is 1.90 bits per heavy atom. The molecule has 0 amide bonds. The maximum atomic E-state index is 6.03. The van der Waals surface area contributed by atoms with Gasteiger partial charge in [0.25, 0.3) is 0 Å². The van der Waals surface area contributed by atoms with E-state index in [0.717, 1.165) is 26.2 Å². The van der Waals surface area contributed by atoms with Gasteiger partial charge in [0.15, 0.2) is 0 Å². The van der Waals surface area contributed by atoms with Gasteiger partial charge in [0.1, 0.15) is 0 Å². The maximum Gasteiger partial charge on any atom is 0.0575 e. The second-order valence-corrected chi connectivity index (χ2v) is 6.70. The number of nitrogens with two attached hydrogens (primary N) is 1. The van der Waals surface area contributed by atoms with Crippen LogP contribution in [0.5, 0.6) is 0 Å². The lowest BCUT2D eigenvalue weighted by Crippen LogP contribution is -2.36. The van der Waals surface area contributed by atoms with E-state index in [0.29, 0.717) is 12.6 Å². The molecule has 0 aromatic carbocycles. The SMILES string of the molecule is CCN(CC)CCCN(CC)C(CN)c1sccc1Br. The average Bonchev–Trinajstić information content (AvgIpc) is 2.88. The van der Waals surface area contributed by atoms with Crippen molar-refractivity contribution >= 4 is 27.3 Å². The minimum atomic E-state index is 0.339. The third-order valence-corrected chi connectivity index (χ3v) is 5.80. The van der Waals surface area contributed by atoms with Crippen LogP contribution in [-0.4, -0.2) is 49.1 Å². The fourth-order valence-electron chi connectivity index (χ4n) is 2.54. The summed E-state index contributed by atoms with van der Waals surface area (Å²) in [6.45, 7) is 13.0. The molecule has 0 saturated carbocycles. The highest BCUT2D eigenvalue weighted by atomic mass is 79.9. The van der Waals surface area contributed by atoms with Crippen LogP contribution in [0.25, 0.3) is 0 Å². The third-order valence-electron chi connectivity index (χ3n) is 3.83. The van der Waals surface area contributed by atoms with Crippen molar-refractivity contribution in [2.24, 2.45) is 5.73 Å². The number of halogens is 1. The molecule has 0 aliphatic heterocycles. The maximum absolute atomic E-state index is 6.03. The molecule has 0 aliphatic carbocycles. The summed E-state index contributed by atoms with van der Waals surface area (Å²) in [6.07, 6.45) is 1.20. The Morgan fingerprint density at radius 1 is 1.20 bits per heavy atom. The minimum Gasteiger partial charge on any atom is -0.329 e. The van der Waals surface area contributed by atoms with Gasteiger partial charge in [-0.2, -0.15) is 0 Å². The van der Waals surface area contributed by atoms with Crippen LogP contribution in [0, 0.1) is 0 Å². The predicted molar refractivity (Wildman–Crippen MR) is 93.5 cm³/mol. The minimum absolute atomic E-state index is 0.339. The van der Waals surface area contributed by atoms with Gasteiger partial charge in [-0.05, 0) is 60.0 Å². The Kier molecular flexibility index (Phi) is 8.96. The molecule has 1 unspecified atom stereocenters. The van der Waals surface area contributed by atoms with Crippen molar-refractivity contribution < 1.29 is 0 Å². The fourth-order valence-corrected chi connectivity index (χ4v) is 4.32. The second kappa shape index (κ2) is 9.90. The van der Waals surface area contributed by atoms with Crippen molar-refractivity contribution in [2.45, 2.75) is 33.2 Å². The standard InChI is InChI=1S/C15H28BrN3S/c1-4-18(5-2)9-7-10-19(6-3)14(12-17)15-13(16)8-11-20-15/h8,11,14H,4-7,9-10,12,17H2,1-3H3. The Hall–Kier alpha value is 0.0600. The molecule has 116 valence electrons. The molecule has 5 heteroatoms. The summed E-state index contributed by atoms with van der Waals surface area (Å²) in [7, 11) is 0. The van der Waals surface area contributed by atoms with Crippen molar-refractivity contribution in [3.05, 3.63) is 20.8 Å². The van der Waals surface area contributed by atoms with E-state index in [1.807, 2.05) is 0 Å². The fraction of sp³-hybridized carbons (Fsp3) is 0.733. The summed E-state index contributed by atoms with van der Waals surface area (Å²) in [5.74, 6) is 0. The van der Waals surface area contributed by atoms with Gasteiger partial charge in [-0.25, -0.2) is 0 Å². The molecule has 1 rings (SSSR count). The van der Waals surface area contributed by atoms with Crippen LogP contribution in [0.3, 0.4) is 0 Å². The highest BCUT2D eigenvalue weighted by Gasteiger charge is 2.20. The van der Waals surface area contributed by atoms with E-state index in [4.69, 9.17) is 5.73 Å². The first kappa shape index (κ1) is 18.1.